The monoisotopic (exact) mass is 550 g/mol. The molecule has 0 radical (unpaired) electrons. The minimum absolute atomic E-state index is 0.0962. The average molecular weight is 551 g/mol. The van der Waals surface area contributed by atoms with Crippen LogP contribution >= 0.6 is 0 Å². The van der Waals surface area contributed by atoms with Crippen molar-refractivity contribution in [1.29, 1.82) is 0 Å². The molecule has 2 fully saturated rings. The maximum atomic E-state index is 13.6. The lowest BCUT2D eigenvalue weighted by Crippen LogP contribution is -2.43. The molecule has 11 heteroatoms. The second-order valence-electron chi connectivity index (χ2n) is 10.8. The number of urea groups is 1. The largest absolute Gasteiger partial charge is 0.478 e. The molecule has 0 aromatic heterocycles. The van der Waals surface area contributed by atoms with Crippen LogP contribution in [0, 0.1) is 5.92 Å². The summed E-state index contributed by atoms with van der Waals surface area (Å²) in [6.45, 7) is 3.22. The molecule has 2 aromatic carbocycles. The molecular formula is C28H33F3N2O6. The average Bonchev–Trinajstić information content (AvgIpc) is 3.28. The number of alkyl halides is 3. The van der Waals surface area contributed by atoms with E-state index in [1.807, 2.05) is 0 Å². The van der Waals surface area contributed by atoms with Crippen LogP contribution in [0.5, 0.6) is 17.2 Å². The van der Waals surface area contributed by atoms with Gasteiger partial charge in [-0.05, 0) is 75.4 Å². The van der Waals surface area contributed by atoms with Gasteiger partial charge < -0.3 is 29.9 Å². The first kappa shape index (κ1) is 28.5. The molecule has 212 valence electrons. The molecule has 1 atom stereocenters. The molecule has 39 heavy (non-hydrogen) atoms. The number of carbonyl (C=O) groups is 2. The van der Waals surface area contributed by atoms with Gasteiger partial charge in [0.2, 0.25) is 0 Å². The van der Waals surface area contributed by atoms with Gasteiger partial charge in [-0.2, -0.15) is 13.2 Å². The zero-order valence-corrected chi connectivity index (χ0v) is 21.9. The fourth-order valence-corrected chi connectivity index (χ4v) is 5.11. The summed E-state index contributed by atoms with van der Waals surface area (Å²) in [4.78, 5) is 25.6. The molecule has 2 amide bonds. The number of likely N-dealkylation sites (tertiary alicyclic amines) is 1. The topological polar surface area (TPSA) is 108 Å². The number of anilines is 1. The number of amides is 2. The van der Waals surface area contributed by atoms with E-state index in [2.05, 4.69) is 5.32 Å². The van der Waals surface area contributed by atoms with Gasteiger partial charge in [0.05, 0.1) is 17.7 Å². The fraction of sp³-hybridized carbons (Fsp3) is 0.500. The molecule has 2 aromatic rings. The number of aliphatic hydroxyl groups is 1. The summed E-state index contributed by atoms with van der Waals surface area (Å²) in [5, 5.41) is 22.9. The Morgan fingerprint density at radius 2 is 1.64 bits per heavy atom. The van der Waals surface area contributed by atoms with Gasteiger partial charge in [0.15, 0.2) is 5.60 Å². The number of nitrogens with one attached hydrogen (secondary N) is 1. The van der Waals surface area contributed by atoms with Gasteiger partial charge in [-0.1, -0.05) is 19.3 Å². The third kappa shape index (κ3) is 6.95. The first-order chi connectivity index (χ1) is 18.2. The lowest BCUT2D eigenvalue weighted by Gasteiger charge is -2.35. The van der Waals surface area contributed by atoms with Crippen molar-refractivity contribution in [2.24, 2.45) is 5.92 Å². The van der Waals surface area contributed by atoms with Gasteiger partial charge in [0, 0.05) is 18.3 Å². The van der Waals surface area contributed by atoms with Crippen LogP contribution in [0.4, 0.5) is 23.7 Å². The van der Waals surface area contributed by atoms with Crippen molar-refractivity contribution in [3.05, 3.63) is 48.0 Å². The van der Waals surface area contributed by atoms with E-state index in [-0.39, 0.29) is 35.4 Å². The number of rotatable bonds is 7. The number of ether oxygens (including phenoxy) is 2. The number of hydrogen-bond acceptors (Lipinski definition) is 5. The number of hydrogen-bond donors (Lipinski definition) is 3. The van der Waals surface area contributed by atoms with Gasteiger partial charge in [-0.25, -0.2) is 9.59 Å². The molecule has 1 aliphatic heterocycles. The molecule has 8 nitrogen and oxygen atoms in total. The Kier molecular flexibility index (Phi) is 8.02. The molecule has 1 saturated carbocycles. The van der Waals surface area contributed by atoms with Crippen LogP contribution in [0.3, 0.4) is 0 Å². The van der Waals surface area contributed by atoms with E-state index in [9.17, 15) is 33.0 Å². The van der Waals surface area contributed by atoms with Crippen LogP contribution in [0.2, 0.25) is 0 Å². The molecular weight excluding hydrogens is 517 g/mol. The number of nitrogens with zero attached hydrogens (tertiary/aromatic N) is 1. The molecule has 1 aliphatic carbocycles. The van der Waals surface area contributed by atoms with E-state index < -0.39 is 34.9 Å². The Bertz CT molecular complexity index is 1190. The lowest BCUT2D eigenvalue weighted by atomic mass is 9.76. The van der Waals surface area contributed by atoms with Crippen LogP contribution < -0.4 is 14.8 Å². The van der Waals surface area contributed by atoms with Gasteiger partial charge in [0.25, 0.3) is 0 Å². The number of β-amino-alcohol motifs (C(OH)–C–C–N with tert-alkyl or cyclic N) is 1. The number of carbonyl (C=O) groups excluding carboxylic acids is 1. The quantitative estimate of drug-likeness (QED) is 0.374. The number of carboxylic acid groups (broad SMARTS) is 1. The third-order valence-electron chi connectivity index (χ3n) is 7.36. The highest BCUT2D eigenvalue weighted by Gasteiger charge is 2.44. The zero-order chi connectivity index (χ0) is 28.4. The van der Waals surface area contributed by atoms with Crippen molar-refractivity contribution in [3.63, 3.8) is 0 Å². The Labute approximate surface area is 224 Å². The Morgan fingerprint density at radius 1 is 1.00 bits per heavy atom. The molecule has 1 heterocycles. The predicted octanol–water partition coefficient (Wildman–Crippen LogP) is 6.29. The van der Waals surface area contributed by atoms with Gasteiger partial charge in [0.1, 0.15) is 17.2 Å². The predicted molar refractivity (Wildman–Crippen MR) is 137 cm³/mol. The summed E-state index contributed by atoms with van der Waals surface area (Å²) in [6.07, 6.45) is 0.788. The number of benzene rings is 2. The first-order valence-electron chi connectivity index (χ1n) is 13.0. The normalized spacial score (nSPS) is 20.5. The highest BCUT2D eigenvalue weighted by molar-refractivity contribution is 5.90. The zero-order valence-electron chi connectivity index (χ0n) is 21.9. The van der Waals surface area contributed by atoms with Gasteiger partial charge >= 0.3 is 18.2 Å². The second kappa shape index (κ2) is 11.0. The Hall–Kier alpha value is -3.47. The van der Waals surface area contributed by atoms with Gasteiger partial charge in [-0.15, -0.1) is 0 Å². The van der Waals surface area contributed by atoms with Crippen molar-refractivity contribution in [3.8, 4) is 17.2 Å². The SMILES string of the molecule is CC(C)(Oc1ccc(Oc2cc(NC(=O)N3CCC(O)(C4CCCCC4)C3)cc(C(F)(F)F)c2)cc1)C(=O)O. The molecule has 0 spiro atoms. The van der Waals surface area contributed by atoms with E-state index in [0.29, 0.717) is 13.0 Å². The summed E-state index contributed by atoms with van der Waals surface area (Å²) in [5.74, 6) is -0.770. The molecule has 4 rings (SSSR count). The number of halogens is 3. The second-order valence-corrected chi connectivity index (χ2v) is 10.8. The van der Waals surface area contributed by atoms with Crippen LogP contribution in [0.15, 0.2) is 42.5 Å². The number of carboxylic acids is 1. The molecule has 2 aliphatic rings. The number of aliphatic carboxylic acids is 1. The molecule has 1 saturated heterocycles. The summed E-state index contributed by atoms with van der Waals surface area (Å²) in [5.41, 5.74) is -3.55. The highest BCUT2D eigenvalue weighted by atomic mass is 19.4. The van der Waals surface area contributed by atoms with Crippen molar-refractivity contribution in [1.82, 2.24) is 4.90 Å². The summed E-state index contributed by atoms with van der Waals surface area (Å²) >= 11 is 0. The van der Waals surface area contributed by atoms with Gasteiger partial charge in [-0.3, -0.25) is 0 Å². The van der Waals surface area contributed by atoms with Crippen LogP contribution in [-0.4, -0.2) is 51.4 Å². The van der Waals surface area contributed by atoms with E-state index in [4.69, 9.17) is 9.47 Å². The van der Waals surface area contributed by atoms with E-state index in [0.717, 1.165) is 44.2 Å². The molecule has 1 unspecified atom stereocenters. The maximum Gasteiger partial charge on any atom is 0.416 e. The van der Waals surface area contributed by atoms with E-state index >= 15 is 0 Å². The Morgan fingerprint density at radius 3 is 2.26 bits per heavy atom. The summed E-state index contributed by atoms with van der Waals surface area (Å²) in [7, 11) is 0. The van der Waals surface area contributed by atoms with E-state index in [1.54, 1.807) is 0 Å². The van der Waals surface area contributed by atoms with Crippen molar-refractivity contribution in [2.45, 2.75) is 69.8 Å². The molecule has 0 bridgehead atoms. The highest BCUT2D eigenvalue weighted by Crippen LogP contribution is 2.39. The standard InChI is InChI=1S/C28H33F3N2O6/c1-26(2,24(34)35)39-22-10-8-21(9-11-22)38-23-15-19(28(29,30)31)14-20(16-23)32-25(36)33-13-12-27(37,17-33)18-6-4-3-5-7-18/h8-11,14-16,18,37H,3-7,12-13,17H2,1-2H3,(H,32,36)(H,34,35). The lowest BCUT2D eigenvalue weighted by molar-refractivity contribution is -0.152. The smallest absolute Gasteiger partial charge is 0.416 e. The van der Waals surface area contributed by atoms with E-state index in [1.165, 1.54) is 49.1 Å². The summed E-state index contributed by atoms with van der Waals surface area (Å²) < 4.78 is 51.9. The first-order valence-corrected chi connectivity index (χ1v) is 13.0. The van der Waals surface area contributed by atoms with Crippen LogP contribution in [0.1, 0.15) is 57.9 Å². The van der Waals surface area contributed by atoms with Crippen molar-refractivity contribution < 1.29 is 42.4 Å². The van der Waals surface area contributed by atoms with Crippen molar-refractivity contribution in [2.75, 3.05) is 18.4 Å². The third-order valence-corrected chi connectivity index (χ3v) is 7.36. The van der Waals surface area contributed by atoms with Crippen molar-refractivity contribution >= 4 is 17.7 Å². The maximum absolute atomic E-state index is 13.6. The fourth-order valence-electron chi connectivity index (χ4n) is 5.11. The summed E-state index contributed by atoms with van der Waals surface area (Å²) in [6, 6.07) is 8.10. The molecule has 3 N–H and O–H groups in total. The Balaban J connectivity index is 1.47. The minimum Gasteiger partial charge on any atom is -0.478 e. The minimum atomic E-state index is -4.69. The van der Waals surface area contributed by atoms with Crippen LogP contribution in [0.25, 0.3) is 0 Å². The van der Waals surface area contributed by atoms with Crippen LogP contribution in [-0.2, 0) is 11.0 Å².